The van der Waals surface area contributed by atoms with E-state index in [-0.39, 0.29) is 0 Å². The second kappa shape index (κ2) is 5.72. The van der Waals surface area contributed by atoms with Crippen molar-refractivity contribution in [1.82, 2.24) is 4.90 Å². The summed E-state index contributed by atoms with van der Waals surface area (Å²) in [5.74, 6) is 1.28. The number of rotatable bonds is 3. The van der Waals surface area contributed by atoms with Crippen molar-refractivity contribution >= 4 is 11.8 Å². The standard InChI is InChI=1S/C15H28N2S/c1-2-18-15-8-4-7-14(15)17-12-5-3-6-13(17)10-11(16)9-12/h11-15H,2-10,16H2,1H3. The summed E-state index contributed by atoms with van der Waals surface area (Å²) in [5, 5.41) is 0.910. The topological polar surface area (TPSA) is 29.3 Å². The molecule has 4 atom stereocenters. The maximum Gasteiger partial charge on any atom is 0.0220 e. The van der Waals surface area contributed by atoms with Crippen LogP contribution in [0.25, 0.3) is 0 Å². The molecule has 2 N–H and O–H groups in total. The van der Waals surface area contributed by atoms with Gasteiger partial charge in [-0.05, 0) is 44.3 Å². The van der Waals surface area contributed by atoms with E-state index in [1.807, 2.05) is 0 Å². The number of nitrogens with two attached hydrogens (primary N) is 1. The zero-order valence-electron chi connectivity index (χ0n) is 11.7. The van der Waals surface area contributed by atoms with Gasteiger partial charge < -0.3 is 5.73 Å². The molecule has 1 aliphatic carbocycles. The van der Waals surface area contributed by atoms with E-state index in [9.17, 15) is 0 Å². The molecule has 1 saturated carbocycles. The predicted molar refractivity (Wildman–Crippen MR) is 80.0 cm³/mol. The van der Waals surface area contributed by atoms with Crippen LogP contribution >= 0.6 is 11.8 Å². The Morgan fingerprint density at radius 3 is 2.39 bits per heavy atom. The van der Waals surface area contributed by atoms with Crippen LogP contribution in [0.15, 0.2) is 0 Å². The van der Waals surface area contributed by atoms with Crippen LogP contribution in [0.2, 0.25) is 0 Å². The first kappa shape index (κ1) is 13.3. The fourth-order valence-corrected chi connectivity index (χ4v) is 5.92. The third-order valence-corrected chi connectivity index (χ3v) is 6.56. The smallest absolute Gasteiger partial charge is 0.0220 e. The first-order valence-corrected chi connectivity index (χ1v) is 8.99. The minimum absolute atomic E-state index is 0.482. The molecule has 3 aliphatic rings. The highest BCUT2D eigenvalue weighted by atomic mass is 32.2. The lowest BCUT2D eigenvalue weighted by Gasteiger charge is -2.52. The van der Waals surface area contributed by atoms with Gasteiger partial charge in [-0.3, -0.25) is 4.90 Å². The minimum atomic E-state index is 0.482. The van der Waals surface area contributed by atoms with Gasteiger partial charge in [0, 0.05) is 29.4 Å². The van der Waals surface area contributed by atoms with Gasteiger partial charge in [0.25, 0.3) is 0 Å². The summed E-state index contributed by atoms with van der Waals surface area (Å²) in [6.45, 7) is 2.31. The lowest BCUT2D eigenvalue weighted by Crippen LogP contribution is -2.60. The summed E-state index contributed by atoms with van der Waals surface area (Å²) in [7, 11) is 0. The van der Waals surface area contributed by atoms with Gasteiger partial charge in [-0.15, -0.1) is 0 Å². The van der Waals surface area contributed by atoms with Crippen LogP contribution in [-0.2, 0) is 0 Å². The molecule has 2 saturated heterocycles. The van der Waals surface area contributed by atoms with Crippen LogP contribution in [0.5, 0.6) is 0 Å². The first-order chi connectivity index (χ1) is 8.79. The fraction of sp³-hybridized carbons (Fsp3) is 1.00. The van der Waals surface area contributed by atoms with Crippen molar-refractivity contribution in [3.63, 3.8) is 0 Å². The molecule has 0 aromatic carbocycles. The Hall–Kier alpha value is 0.270. The monoisotopic (exact) mass is 268 g/mol. The predicted octanol–water partition coefficient (Wildman–Crippen LogP) is 3.00. The highest BCUT2D eigenvalue weighted by molar-refractivity contribution is 7.99. The summed E-state index contributed by atoms with van der Waals surface area (Å²) >= 11 is 2.21. The second-order valence-electron chi connectivity index (χ2n) is 6.41. The van der Waals surface area contributed by atoms with E-state index in [0.717, 1.165) is 23.4 Å². The lowest BCUT2D eigenvalue weighted by molar-refractivity contribution is -0.00157. The molecule has 4 unspecified atom stereocenters. The van der Waals surface area contributed by atoms with Crippen LogP contribution in [0.4, 0.5) is 0 Å². The van der Waals surface area contributed by atoms with E-state index >= 15 is 0 Å². The highest BCUT2D eigenvalue weighted by Crippen LogP contribution is 2.42. The Labute approximate surface area is 116 Å². The Morgan fingerprint density at radius 2 is 1.72 bits per heavy atom. The molecule has 0 amide bonds. The van der Waals surface area contributed by atoms with E-state index < -0.39 is 0 Å². The van der Waals surface area contributed by atoms with Gasteiger partial charge >= 0.3 is 0 Å². The Balaban J connectivity index is 1.74. The summed E-state index contributed by atoms with van der Waals surface area (Å²) in [4.78, 5) is 2.94. The maximum atomic E-state index is 6.25. The van der Waals surface area contributed by atoms with Gasteiger partial charge in [0.15, 0.2) is 0 Å². The number of hydrogen-bond donors (Lipinski definition) is 1. The van der Waals surface area contributed by atoms with Crippen molar-refractivity contribution < 1.29 is 0 Å². The van der Waals surface area contributed by atoms with Gasteiger partial charge in [0.2, 0.25) is 0 Å². The zero-order valence-corrected chi connectivity index (χ0v) is 12.5. The normalized spacial score (nSPS) is 45.3. The van der Waals surface area contributed by atoms with Crippen LogP contribution in [0.1, 0.15) is 58.3 Å². The quantitative estimate of drug-likeness (QED) is 0.853. The molecule has 3 fully saturated rings. The molecule has 0 spiro atoms. The molecule has 3 heteroatoms. The Bertz CT molecular complexity index is 270. The molecule has 0 aromatic rings. The molecular formula is C15H28N2S. The van der Waals surface area contributed by atoms with Crippen molar-refractivity contribution in [3.8, 4) is 0 Å². The lowest BCUT2D eigenvalue weighted by atomic mass is 9.80. The maximum absolute atomic E-state index is 6.25. The highest BCUT2D eigenvalue weighted by Gasteiger charge is 2.44. The molecule has 0 radical (unpaired) electrons. The van der Waals surface area contributed by atoms with Crippen LogP contribution < -0.4 is 5.73 Å². The second-order valence-corrected chi connectivity index (χ2v) is 7.93. The van der Waals surface area contributed by atoms with Crippen molar-refractivity contribution in [2.24, 2.45) is 5.73 Å². The average Bonchev–Trinajstić information content (AvgIpc) is 2.76. The Morgan fingerprint density at radius 1 is 1.06 bits per heavy atom. The van der Waals surface area contributed by atoms with Gasteiger partial charge in [-0.2, -0.15) is 11.8 Å². The summed E-state index contributed by atoms with van der Waals surface area (Å²) in [6, 6.07) is 2.99. The van der Waals surface area contributed by atoms with Gasteiger partial charge in [-0.1, -0.05) is 19.8 Å². The number of thioether (sulfide) groups is 1. The van der Waals surface area contributed by atoms with Crippen molar-refractivity contribution in [2.45, 2.75) is 87.7 Å². The van der Waals surface area contributed by atoms with E-state index in [4.69, 9.17) is 5.73 Å². The molecule has 2 aliphatic heterocycles. The van der Waals surface area contributed by atoms with E-state index in [0.29, 0.717) is 6.04 Å². The number of piperidine rings is 2. The molecule has 2 nitrogen and oxygen atoms in total. The largest absolute Gasteiger partial charge is 0.328 e. The van der Waals surface area contributed by atoms with E-state index in [1.165, 1.54) is 57.1 Å². The number of fused-ring (bicyclic) bond motifs is 2. The van der Waals surface area contributed by atoms with Crippen LogP contribution in [0.3, 0.4) is 0 Å². The number of hydrogen-bond acceptors (Lipinski definition) is 3. The SMILES string of the molecule is CCSC1CCCC1N1C2CCCC1CC(N)C2. The molecule has 2 heterocycles. The Kier molecular flexibility index (Phi) is 4.21. The average molecular weight is 268 g/mol. The van der Waals surface area contributed by atoms with Crippen molar-refractivity contribution in [1.29, 1.82) is 0 Å². The third-order valence-electron chi connectivity index (χ3n) is 5.25. The van der Waals surface area contributed by atoms with E-state index in [1.54, 1.807) is 0 Å². The zero-order chi connectivity index (χ0) is 12.5. The van der Waals surface area contributed by atoms with Gasteiger partial charge in [0.05, 0.1) is 0 Å². The fourth-order valence-electron chi connectivity index (χ4n) is 4.66. The number of nitrogens with zero attached hydrogens (tertiary/aromatic N) is 1. The molecule has 18 heavy (non-hydrogen) atoms. The van der Waals surface area contributed by atoms with Crippen LogP contribution in [-0.4, -0.2) is 40.1 Å². The summed E-state index contributed by atoms with van der Waals surface area (Å²) in [5.41, 5.74) is 6.25. The van der Waals surface area contributed by atoms with E-state index in [2.05, 4.69) is 23.6 Å². The van der Waals surface area contributed by atoms with Crippen molar-refractivity contribution in [2.75, 3.05) is 5.75 Å². The van der Waals surface area contributed by atoms with Gasteiger partial charge in [0.1, 0.15) is 0 Å². The van der Waals surface area contributed by atoms with Gasteiger partial charge in [-0.25, -0.2) is 0 Å². The molecule has 3 rings (SSSR count). The van der Waals surface area contributed by atoms with Crippen molar-refractivity contribution in [3.05, 3.63) is 0 Å². The molecule has 104 valence electrons. The summed E-state index contributed by atoms with van der Waals surface area (Å²) in [6.07, 6.45) is 11.1. The minimum Gasteiger partial charge on any atom is -0.328 e. The molecule has 0 aromatic heterocycles. The molecular weight excluding hydrogens is 240 g/mol. The molecule has 2 bridgehead atoms. The first-order valence-electron chi connectivity index (χ1n) is 7.94. The third kappa shape index (κ3) is 2.46. The van der Waals surface area contributed by atoms with Crippen LogP contribution in [0, 0.1) is 0 Å². The summed E-state index contributed by atoms with van der Waals surface area (Å²) < 4.78 is 0.